The van der Waals surface area contributed by atoms with Crippen molar-refractivity contribution in [3.05, 3.63) is 89.2 Å². The van der Waals surface area contributed by atoms with E-state index < -0.39 is 35.8 Å². The molecule has 0 aliphatic carbocycles. The highest BCUT2D eigenvalue weighted by Crippen LogP contribution is 2.45. The molecule has 2 atom stereocenters. The van der Waals surface area contributed by atoms with E-state index in [1.54, 1.807) is 38.2 Å². The van der Waals surface area contributed by atoms with Crippen LogP contribution in [0, 0.1) is 12.3 Å². The number of likely N-dealkylation sites (tertiary alicyclic amines) is 1. The first kappa shape index (κ1) is 40.8. The number of hydrogen-bond donors (Lipinski definition) is 1. The van der Waals surface area contributed by atoms with E-state index in [0.717, 1.165) is 5.56 Å². The van der Waals surface area contributed by atoms with Crippen LogP contribution in [0.2, 0.25) is 0 Å². The molecule has 0 saturated carbocycles. The van der Waals surface area contributed by atoms with Crippen molar-refractivity contribution in [1.29, 1.82) is 0 Å². The van der Waals surface area contributed by atoms with E-state index in [4.69, 9.17) is 24.7 Å². The number of aromatic nitrogens is 4. The number of piperidine rings is 1. The number of carbonyl (C=O) groups excluding carboxylic acids is 3. The van der Waals surface area contributed by atoms with Crippen LogP contribution in [0.25, 0.3) is 5.69 Å². The zero-order valence-corrected chi connectivity index (χ0v) is 32.0. The average Bonchev–Trinajstić information content (AvgIpc) is 3.80. The number of methoxy groups -OCH3 is 1. The molecule has 14 nitrogen and oxygen atoms in total. The first-order valence-electron chi connectivity index (χ1n) is 18.8. The van der Waals surface area contributed by atoms with Crippen LogP contribution in [0.1, 0.15) is 67.5 Å². The number of rotatable bonds is 13. The number of benzene rings is 2. The molecular weight excluding hydrogens is 747 g/mol. The zero-order valence-electron chi connectivity index (χ0n) is 32.0. The number of anilines is 2. The Morgan fingerprint density at radius 1 is 1.00 bits per heavy atom. The van der Waals surface area contributed by atoms with Gasteiger partial charge in [-0.1, -0.05) is 42.5 Å². The highest BCUT2D eigenvalue weighted by molar-refractivity contribution is 5.82. The summed E-state index contributed by atoms with van der Waals surface area (Å²) in [5.74, 6) is -1.26. The standard InChI is InChI=1S/C40H46F3N7O7/c1-4-55-36(52)31-23-39(25-49(31)38(53)56-24-28-9-6-5-7-10-28)16-19-48(20-17-39)32-22-33(46-37(44)45-32)57-35(40(41,42)43)29-14-13-27(11-8-12-34(51)54-3)21-30(29)50-18-15-26(2)47-50/h5-7,9-10,13-15,18,21-22,31,35H,4,8,11-12,16-17,19-20,23-25H2,1-3H3,(H2,44,45,46)/t31?,35-/m1/s1. The molecule has 2 aromatic heterocycles. The van der Waals surface area contributed by atoms with Gasteiger partial charge >= 0.3 is 24.2 Å². The van der Waals surface area contributed by atoms with E-state index in [9.17, 15) is 27.6 Å². The first-order chi connectivity index (χ1) is 27.3. The molecule has 2 aliphatic rings. The van der Waals surface area contributed by atoms with Gasteiger partial charge in [0.2, 0.25) is 17.9 Å². The van der Waals surface area contributed by atoms with Crippen LogP contribution in [-0.4, -0.2) is 88.2 Å². The molecule has 2 aromatic carbocycles. The van der Waals surface area contributed by atoms with Crippen LogP contribution < -0.4 is 15.4 Å². The van der Waals surface area contributed by atoms with E-state index in [2.05, 4.69) is 15.1 Å². The summed E-state index contributed by atoms with van der Waals surface area (Å²) in [5, 5.41) is 4.37. The lowest BCUT2D eigenvalue weighted by Crippen LogP contribution is -2.43. The maximum Gasteiger partial charge on any atom is 0.429 e. The van der Waals surface area contributed by atoms with Gasteiger partial charge in [0.1, 0.15) is 18.5 Å². The van der Waals surface area contributed by atoms with Gasteiger partial charge in [-0.25, -0.2) is 14.3 Å². The highest BCUT2D eigenvalue weighted by Gasteiger charge is 2.51. The summed E-state index contributed by atoms with van der Waals surface area (Å²) in [6.45, 7) is 4.72. The number of ether oxygens (including phenoxy) is 4. The maximum atomic E-state index is 14.9. The zero-order chi connectivity index (χ0) is 40.7. The summed E-state index contributed by atoms with van der Waals surface area (Å²) in [6, 6.07) is 15.9. The fourth-order valence-corrected chi connectivity index (χ4v) is 7.40. The third-order valence-electron chi connectivity index (χ3n) is 10.3. The third-order valence-corrected chi connectivity index (χ3v) is 10.3. The topological polar surface area (TPSA) is 164 Å². The molecule has 2 fully saturated rings. The number of nitrogens with two attached hydrogens (primary N) is 1. The van der Waals surface area contributed by atoms with Crippen molar-refractivity contribution in [3.63, 3.8) is 0 Å². The molecule has 2 saturated heterocycles. The monoisotopic (exact) mass is 793 g/mol. The predicted molar refractivity (Wildman–Crippen MR) is 201 cm³/mol. The Bertz CT molecular complexity index is 2040. The van der Waals surface area contributed by atoms with Crippen LogP contribution in [0.3, 0.4) is 0 Å². The summed E-state index contributed by atoms with van der Waals surface area (Å²) < 4.78 is 67.5. The van der Waals surface area contributed by atoms with Crippen LogP contribution >= 0.6 is 0 Å². The Kier molecular flexibility index (Phi) is 12.5. The largest absolute Gasteiger partial charge is 0.469 e. The second-order valence-electron chi connectivity index (χ2n) is 14.3. The van der Waals surface area contributed by atoms with E-state index in [1.165, 1.54) is 28.8 Å². The number of aryl methyl sites for hydroxylation is 2. The molecule has 4 aromatic rings. The molecule has 17 heteroatoms. The lowest BCUT2D eigenvalue weighted by Gasteiger charge is -2.39. The van der Waals surface area contributed by atoms with Crippen molar-refractivity contribution < 1.29 is 46.5 Å². The third kappa shape index (κ3) is 9.93. The number of alkyl halides is 3. The minimum Gasteiger partial charge on any atom is -0.469 e. The van der Waals surface area contributed by atoms with E-state index in [0.29, 0.717) is 56.5 Å². The number of esters is 2. The molecule has 4 heterocycles. The molecule has 1 amide bonds. The first-order valence-corrected chi connectivity index (χ1v) is 18.8. The molecule has 0 bridgehead atoms. The van der Waals surface area contributed by atoms with Crippen molar-refractivity contribution in [3.8, 4) is 11.6 Å². The second-order valence-corrected chi connectivity index (χ2v) is 14.3. The lowest BCUT2D eigenvalue weighted by molar-refractivity contribution is -0.198. The highest BCUT2D eigenvalue weighted by atomic mass is 19.4. The predicted octanol–water partition coefficient (Wildman–Crippen LogP) is 6.29. The van der Waals surface area contributed by atoms with Crippen molar-refractivity contribution in [2.75, 3.05) is 44.0 Å². The van der Waals surface area contributed by atoms with Crippen LogP contribution in [0.5, 0.6) is 5.88 Å². The fraction of sp³-hybridized carbons (Fsp3) is 0.450. The molecule has 1 unspecified atom stereocenters. The van der Waals surface area contributed by atoms with Gasteiger partial charge in [0.15, 0.2) is 0 Å². The number of hydrogen-bond acceptors (Lipinski definition) is 12. The number of carbonyl (C=O) groups is 3. The number of halogens is 3. The molecule has 2 N–H and O–H groups in total. The Hall–Kier alpha value is -5.87. The SMILES string of the molecule is CCOC(=O)C1CC2(CCN(c3cc(O[C@H](c4ccc(CCCC(=O)OC)cc4-n4ccc(C)n4)C(F)(F)F)nc(N)n3)CC2)CN1C(=O)OCc1ccccc1. The van der Waals surface area contributed by atoms with Gasteiger partial charge in [0.25, 0.3) is 0 Å². The minimum atomic E-state index is -4.88. The Morgan fingerprint density at radius 3 is 2.42 bits per heavy atom. The number of nitrogens with zero attached hydrogens (tertiary/aromatic N) is 6. The summed E-state index contributed by atoms with van der Waals surface area (Å²) in [7, 11) is 1.30. The minimum absolute atomic E-state index is 0.0508. The Balaban J connectivity index is 1.19. The van der Waals surface area contributed by atoms with E-state index in [-0.39, 0.29) is 61.0 Å². The molecule has 1 spiro atoms. The lowest BCUT2D eigenvalue weighted by atomic mass is 9.76. The van der Waals surface area contributed by atoms with E-state index >= 15 is 0 Å². The van der Waals surface area contributed by atoms with Gasteiger partial charge < -0.3 is 29.6 Å². The second kappa shape index (κ2) is 17.5. The molecular formula is C40H46F3N7O7. The molecule has 6 rings (SSSR count). The molecule has 2 aliphatic heterocycles. The van der Waals surface area contributed by atoms with Crippen molar-refractivity contribution >= 4 is 29.8 Å². The van der Waals surface area contributed by atoms with Crippen molar-refractivity contribution in [2.24, 2.45) is 5.41 Å². The van der Waals surface area contributed by atoms with Gasteiger partial charge in [-0.3, -0.25) is 9.69 Å². The van der Waals surface area contributed by atoms with Gasteiger partial charge in [-0.2, -0.15) is 28.2 Å². The van der Waals surface area contributed by atoms with Gasteiger partial charge in [0, 0.05) is 43.9 Å². The molecule has 304 valence electrons. The average molecular weight is 794 g/mol. The Labute approximate surface area is 328 Å². The van der Waals surface area contributed by atoms with Gasteiger partial charge in [0.05, 0.1) is 25.1 Å². The normalized spacial score (nSPS) is 17.0. The number of amides is 1. The van der Waals surface area contributed by atoms with Crippen molar-refractivity contribution in [1.82, 2.24) is 24.6 Å². The molecule has 57 heavy (non-hydrogen) atoms. The van der Waals surface area contributed by atoms with Gasteiger partial charge in [-0.05, 0) is 74.6 Å². The summed E-state index contributed by atoms with van der Waals surface area (Å²) >= 11 is 0. The van der Waals surface area contributed by atoms with E-state index in [1.807, 2.05) is 35.2 Å². The van der Waals surface area contributed by atoms with Gasteiger partial charge in [-0.15, -0.1) is 0 Å². The smallest absolute Gasteiger partial charge is 0.429 e. The van der Waals surface area contributed by atoms with Crippen LogP contribution in [0.4, 0.5) is 29.7 Å². The fourth-order valence-electron chi connectivity index (χ4n) is 7.40. The quantitative estimate of drug-likeness (QED) is 0.119. The number of nitrogen functional groups attached to an aromatic ring is 1. The van der Waals surface area contributed by atoms with Crippen LogP contribution in [0.15, 0.2) is 66.9 Å². The Morgan fingerprint density at radius 2 is 1.75 bits per heavy atom. The van der Waals surface area contributed by atoms with Crippen LogP contribution in [-0.2, 0) is 36.8 Å². The summed E-state index contributed by atoms with van der Waals surface area (Å²) in [6.07, 6.45) is -3.92. The van der Waals surface area contributed by atoms with Crippen molar-refractivity contribution in [2.45, 2.75) is 77.3 Å². The molecule has 0 radical (unpaired) electrons. The summed E-state index contributed by atoms with van der Waals surface area (Å²) in [5.41, 5.74) is 7.68. The summed E-state index contributed by atoms with van der Waals surface area (Å²) in [4.78, 5) is 49.7. The maximum absolute atomic E-state index is 14.9.